The Hall–Kier alpha value is -0.540. The van der Waals surface area contributed by atoms with E-state index in [4.69, 9.17) is 0 Å². The van der Waals surface area contributed by atoms with Crippen molar-refractivity contribution in [2.75, 3.05) is 0 Å². The summed E-state index contributed by atoms with van der Waals surface area (Å²) in [4.78, 5) is 34.2. The predicted molar refractivity (Wildman–Crippen MR) is 212 cm³/mol. The molecule has 2 aliphatic carbocycles. The van der Waals surface area contributed by atoms with Crippen molar-refractivity contribution in [2.45, 2.75) is 81.9 Å². The molecular formula is C34H38Br2I2N2O2S2. The average molecular weight is 984 g/mol. The second-order valence-corrected chi connectivity index (χ2v) is 16.1. The van der Waals surface area contributed by atoms with Crippen LogP contribution < -0.4 is 0 Å². The molecule has 0 bridgehead atoms. The van der Waals surface area contributed by atoms with Crippen molar-refractivity contribution in [1.29, 1.82) is 0 Å². The summed E-state index contributed by atoms with van der Waals surface area (Å²) >= 11 is 16.8. The lowest BCUT2D eigenvalue weighted by Gasteiger charge is -2.28. The zero-order valence-corrected chi connectivity index (χ0v) is 34.9. The molecule has 0 atom stereocenters. The Balaban J connectivity index is 0.000000195. The van der Waals surface area contributed by atoms with Crippen LogP contribution in [0.4, 0.5) is 0 Å². The molecule has 0 amide bonds. The standard InChI is InChI=1S/C17H18BrNOS.C11H15NO.C6H5BrS.I2/c1-10-16(21-12-6-4-11(18)5-7-12)15-13(19-10)8-17(2,3)9-14(15)20;1-7-4-8-9(12-7)5-11(2,3)6-10(8)13;7-5-1-3-6(8)4-2-5;1-2/h4-7,19H,8-9H2,1-3H3;4,12H,5-6H2,1-3H3;1-4,8H;. The Kier molecular flexibility index (Phi) is 14.2. The summed E-state index contributed by atoms with van der Waals surface area (Å²) in [5.41, 5.74) is 6.43. The quantitative estimate of drug-likeness (QED) is 0.138. The topological polar surface area (TPSA) is 65.7 Å². The van der Waals surface area contributed by atoms with Gasteiger partial charge in [-0.15, -0.1) is 12.6 Å². The Labute approximate surface area is 311 Å². The van der Waals surface area contributed by atoms with Crippen molar-refractivity contribution in [3.63, 3.8) is 0 Å². The van der Waals surface area contributed by atoms with Crippen LogP contribution in [0.3, 0.4) is 0 Å². The number of fused-ring (bicyclic) bond motifs is 2. The highest BCUT2D eigenvalue weighted by Gasteiger charge is 2.35. The number of aromatic amines is 2. The molecule has 44 heavy (non-hydrogen) atoms. The number of rotatable bonds is 2. The number of aromatic nitrogens is 2. The molecule has 0 radical (unpaired) electrons. The number of halogens is 4. The van der Waals surface area contributed by atoms with E-state index < -0.39 is 0 Å². The summed E-state index contributed by atoms with van der Waals surface area (Å²) < 4.78 is 2.16. The fourth-order valence-corrected chi connectivity index (χ4v) is 7.18. The summed E-state index contributed by atoms with van der Waals surface area (Å²) in [6, 6.07) is 18.0. The maximum Gasteiger partial charge on any atom is 0.166 e. The number of nitrogens with one attached hydrogen (secondary N) is 2. The van der Waals surface area contributed by atoms with E-state index in [0.717, 1.165) is 70.4 Å². The number of hydrogen-bond donors (Lipinski definition) is 3. The molecule has 6 rings (SSSR count). The molecular weight excluding hydrogens is 946 g/mol. The number of hydrogen-bond acceptors (Lipinski definition) is 4. The van der Waals surface area contributed by atoms with Crippen molar-refractivity contribution in [1.82, 2.24) is 9.97 Å². The molecule has 0 saturated carbocycles. The van der Waals surface area contributed by atoms with Gasteiger partial charge in [0.15, 0.2) is 11.6 Å². The molecule has 0 unspecified atom stereocenters. The summed E-state index contributed by atoms with van der Waals surface area (Å²) in [6.45, 7) is 12.7. The number of ketones is 2. The molecule has 0 saturated heterocycles. The molecule has 2 aromatic carbocycles. The van der Waals surface area contributed by atoms with Crippen LogP contribution in [0.15, 0.2) is 78.2 Å². The Morgan fingerprint density at radius 3 is 1.80 bits per heavy atom. The molecule has 236 valence electrons. The van der Waals surface area contributed by atoms with Crippen LogP contribution in [-0.2, 0) is 12.8 Å². The van der Waals surface area contributed by atoms with E-state index in [1.165, 1.54) is 0 Å². The number of thiol groups is 1. The first-order valence-electron chi connectivity index (χ1n) is 14.1. The molecule has 2 aromatic heterocycles. The fraction of sp³-hybridized carbons (Fsp3) is 0.353. The van der Waals surface area contributed by atoms with E-state index in [9.17, 15) is 9.59 Å². The van der Waals surface area contributed by atoms with Gasteiger partial charge in [-0.05, 0) is 92.1 Å². The number of aryl methyl sites for hydroxylation is 2. The molecule has 0 fully saturated rings. The van der Waals surface area contributed by atoms with E-state index in [0.29, 0.717) is 12.8 Å². The number of H-pyrrole nitrogens is 2. The Morgan fingerprint density at radius 2 is 1.25 bits per heavy atom. The van der Waals surface area contributed by atoms with E-state index in [1.807, 2.05) is 49.4 Å². The summed E-state index contributed by atoms with van der Waals surface area (Å²) in [5, 5.41) is 0. The highest BCUT2D eigenvalue weighted by molar-refractivity contribution is 15.0. The minimum absolute atomic E-state index is 0.0565. The monoisotopic (exact) mass is 982 g/mol. The zero-order valence-electron chi connectivity index (χ0n) is 25.7. The third-order valence-corrected chi connectivity index (χ3v) is 9.85. The van der Waals surface area contributed by atoms with Crippen LogP contribution in [0, 0.1) is 24.7 Å². The fourth-order valence-electron chi connectivity index (χ4n) is 5.46. The second-order valence-electron chi connectivity index (χ2n) is 12.7. The molecule has 2 N–H and O–H groups in total. The lowest BCUT2D eigenvalue weighted by Crippen LogP contribution is -2.26. The summed E-state index contributed by atoms with van der Waals surface area (Å²) in [7, 11) is 0. The Bertz CT molecular complexity index is 1570. The van der Waals surface area contributed by atoms with Gasteiger partial charge in [-0.25, -0.2) is 0 Å². The van der Waals surface area contributed by atoms with Crippen LogP contribution in [-0.4, -0.2) is 21.5 Å². The van der Waals surface area contributed by atoms with E-state index in [1.54, 1.807) is 11.8 Å². The van der Waals surface area contributed by atoms with Gasteiger partial charge in [-0.2, -0.15) is 0 Å². The van der Waals surface area contributed by atoms with Crippen molar-refractivity contribution in [3.8, 4) is 0 Å². The van der Waals surface area contributed by atoms with Crippen molar-refractivity contribution in [2.24, 2.45) is 10.8 Å². The third kappa shape index (κ3) is 10.7. The molecule has 10 heteroatoms. The predicted octanol–water partition coefficient (Wildman–Crippen LogP) is 12.4. The third-order valence-electron chi connectivity index (χ3n) is 7.27. The first-order valence-corrected chi connectivity index (χ1v) is 23.2. The average Bonchev–Trinajstić information content (AvgIpc) is 3.45. The van der Waals surface area contributed by atoms with Crippen LogP contribution in [0.1, 0.15) is 84.0 Å². The maximum atomic E-state index is 12.5. The zero-order chi connectivity index (χ0) is 32.8. The van der Waals surface area contributed by atoms with Crippen LogP contribution in [0.2, 0.25) is 0 Å². The second kappa shape index (κ2) is 16.5. The lowest BCUT2D eigenvalue weighted by atomic mass is 9.76. The maximum absolute atomic E-state index is 12.5. The first-order chi connectivity index (χ1) is 20.6. The number of carbonyl (C=O) groups excluding carboxylic acids is 2. The van der Waals surface area contributed by atoms with Gasteiger partial charge in [-0.3, -0.25) is 9.59 Å². The van der Waals surface area contributed by atoms with Gasteiger partial charge in [0.2, 0.25) is 0 Å². The van der Waals surface area contributed by atoms with Crippen LogP contribution >= 0.6 is 93.5 Å². The number of Topliss-reactive ketones (excluding diaryl/α,β-unsaturated/α-hetero) is 2. The van der Waals surface area contributed by atoms with Crippen molar-refractivity contribution in [3.05, 3.63) is 97.4 Å². The van der Waals surface area contributed by atoms with Crippen LogP contribution in [0.25, 0.3) is 0 Å². The number of carbonyl (C=O) groups is 2. The minimum atomic E-state index is 0.0565. The van der Waals surface area contributed by atoms with Gasteiger partial charge in [0.1, 0.15) is 0 Å². The van der Waals surface area contributed by atoms with Crippen molar-refractivity contribution >= 4 is 105 Å². The highest BCUT2D eigenvalue weighted by Crippen LogP contribution is 2.42. The van der Waals surface area contributed by atoms with Gasteiger partial charge >= 0.3 is 0 Å². The van der Waals surface area contributed by atoms with Crippen molar-refractivity contribution < 1.29 is 9.59 Å². The van der Waals surface area contributed by atoms with E-state index in [2.05, 4.69) is 138 Å². The largest absolute Gasteiger partial charge is 0.362 e. The first kappa shape index (κ1) is 37.9. The van der Waals surface area contributed by atoms with Gasteiger partial charge in [0, 0.05) is 102 Å². The molecule has 0 aliphatic heterocycles. The summed E-state index contributed by atoms with van der Waals surface area (Å²) in [6.07, 6.45) is 3.24. The van der Waals surface area contributed by atoms with Gasteiger partial charge in [-0.1, -0.05) is 71.3 Å². The number of benzene rings is 2. The highest BCUT2D eigenvalue weighted by atomic mass is 128. The lowest BCUT2D eigenvalue weighted by molar-refractivity contribution is 0.0900. The molecule has 2 heterocycles. The molecule has 4 nitrogen and oxygen atoms in total. The molecule has 2 aliphatic rings. The summed E-state index contributed by atoms with van der Waals surface area (Å²) in [5.74, 6) is 0.556. The van der Waals surface area contributed by atoms with Gasteiger partial charge in [0.05, 0.1) is 5.56 Å². The molecule has 4 aromatic rings. The van der Waals surface area contributed by atoms with Gasteiger partial charge < -0.3 is 9.97 Å². The normalized spacial score (nSPS) is 15.8. The Morgan fingerprint density at radius 1 is 0.750 bits per heavy atom. The van der Waals surface area contributed by atoms with Crippen LogP contribution in [0.5, 0.6) is 0 Å². The van der Waals surface area contributed by atoms with E-state index in [-0.39, 0.29) is 22.4 Å². The minimum Gasteiger partial charge on any atom is -0.362 e. The van der Waals surface area contributed by atoms with Gasteiger partial charge in [0.25, 0.3) is 0 Å². The molecule has 0 spiro atoms. The smallest absolute Gasteiger partial charge is 0.166 e. The SMILES string of the molecule is Cc1[nH]c2c(c1Sc1ccc(Br)cc1)C(=O)CC(C)(C)C2.Cc1cc2c([nH]1)CC(C)(C)CC2=O.II.Sc1ccc(Br)cc1. The van der Waals surface area contributed by atoms with E-state index >= 15 is 0 Å².